The predicted molar refractivity (Wildman–Crippen MR) is 50.2 cm³/mol. The van der Waals surface area contributed by atoms with Gasteiger partial charge in [0, 0.05) is 0 Å². The van der Waals surface area contributed by atoms with E-state index >= 15 is 0 Å². The number of halogens is 1. The molecule has 0 heterocycles. The van der Waals surface area contributed by atoms with Crippen LogP contribution >= 0.6 is 8.25 Å². The van der Waals surface area contributed by atoms with Crippen molar-refractivity contribution in [3.05, 3.63) is 34.4 Å². The van der Waals surface area contributed by atoms with Crippen LogP contribution < -0.4 is 0 Å². The molecule has 0 aliphatic heterocycles. The van der Waals surface area contributed by atoms with Gasteiger partial charge in [0.2, 0.25) is 0 Å². The van der Waals surface area contributed by atoms with E-state index in [0.717, 1.165) is 0 Å². The van der Waals surface area contributed by atoms with Crippen LogP contribution in [0.25, 0.3) is 0 Å². The Morgan fingerprint density at radius 2 is 1.67 bits per heavy atom. The Bertz CT molecular complexity index is 258. The third kappa shape index (κ3) is 2.46. The van der Waals surface area contributed by atoms with Gasteiger partial charge in [-0.25, -0.2) is 0 Å². The maximum atomic E-state index is 5.94. The summed E-state index contributed by atoms with van der Waals surface area (Å²) in [5.41, 5.74) is 5.72. The standard InChI is InChI=1S/C10H13.ClH.Hg/c1-7-5-8(2)10(4)9(3)6-7;;/h5-6H,4H2,1-3H3;1H;/q;;+1/p-1. The van der Waals surface area contributed by atoms with Crippen LogP contribution in [0.15, 0.2) is 12.1 Å². The molecule has 0 radical (unpaired) electrons. The van der Waals surface area contributed by atoms with Gasteiger partial charge in [0.25, 0.3) is 0 Å². The van der Waals surface area contributed by atoms with Crippen LogP contribution in [-0.2, 0) is 27.3 Å². The summed E-state index contributed by atoms with van der Waals surface area (Å²) in [6, 6.07) is 4.51. The molecule has 0 atom stereocenters. The Morgan fingerprint density at radius 1 is 1.17 bits per heavy atom. The molecule has 0 aromatic heterocycles. The Balaban J connectivity index is 3.10. The van der Waals surface area contributed by atoms with Crippen LogP contribution in [0.4, 0.5) is 0 Å². The summed E-state index contributed by atoms with van der Waals surface area (Å²) in [5, 5.41) is 0. The first-order chi connectivity index (χ1) is 5.65. The Kier molecular flexibility index (Phi) is 4.05. The zero-order chi connectivity index (χ0) is 9.14. The van der Waals surface area contributed by atoms with Gasteiger partial charge in [-0.2, -0.15) is 0 Å². The van der Waals surface area contributed by atoms with Gasteiger partial charge in [0.1, 0.15) is 0 Å². The predicted octanol–water partition coefficient (Wildman–Crippen LogP) is 3.35. The van der Waals surface area contributed by atoms with E-state index in [1.54, 1.807) is 0 Å². The summed E-state index contributed by atoms with van der Waals surface area (Å²) >= 11 is -1.02. The quantitative estimate of drug-likeness (QED) is 0.702. The van der Waals surface area contributed by atoms with Crippen LogP contribution in [0.5, 0.6) is 0 Å². The van der Waals surface area contributed by atoms with Crippen molar-refractivity contribution in [2.24, 2.45) is 0 Å². The Morgan fingerprint density at radius 3 is 2.08 bits per heavy atom. The molecule has 0 aliphatic carbocycles. The van der Waals surface area contributed by atoms with Crippen molar-refractivity contribution >= 4 is 8.25 Å². The van der Waals surface area contributed by atoms with E-state index in [1.807, 2.05) is 0 Å². The van der Waals surface area contributed by atoms with Gasteiger partial charge in [0.05, 0.1) is 0 Å². The number of benzene rings is 1. The Hall–Kier alpha value is 0.445. The van der Waals surface area contributed by atoms with Gasteiger partial charge < -0.3 is 0 Å². The molecule has 0 N–H and O–H groups in total. The molecule has 1 rings (SSSR count). The molecule has 62 valence electrons. The molecule has 0 bridgehead atoms. The van der Waals surface area contributed by atoms with Crippen LogP contribution in [0.3, 0.4) is 0 Å². The fourth-order valence-electron chi connectivity index (χ4n) is 1.70. The molecule has 0 spiro atoms. The number of hydrogen-bond acceptors (Lipinski definition) is 0. The minimum absolute atomic E-state index is 1.02. The average molecular weight is 369 g/mol. The summed E-state index contributed by atoms with van der Waals surface area (Å²) < 4.78 is 1.21. The van der Waals surface area contributed by atoms with Crippen molar-refractivity contribution in [2.45, 2.75) is 24.7 Å². The maximum absolute atomic E-state index is 5.94. The first-order valence-electron chi connectivity index (χ1n) is 4.28. The molecule has 0 saturated heterocycles. The Labute approximate surface area is 90.2 Å². The van der Waals surface area contributed by atoms with E-state index in [9.17, 15) is 0 Å². The molecule has 1 aromatic carbocycles. The van der Waals surface area contributed by atoms with Crippen molar-refractivity contribution in [1.82, 2.24) is 0 Å². The van der Waals surface area contributed by atoms with E-state index in [-0.39, 0.29) is 0 Å². The summed E-state index contributed by atoms with van der Waals surface area (Å²) in [4.78, 5) is 0. The second kappa shape index (κ2) is 4.62. The average Bonchev–Trinajstić information content (AvgIpc) is 1.96. The fraction of sp³-hybridized carbons (Fsp3) is 0.400. The molecule has 0 aliphatic rings. The topological polar surface area (TPSA) is 0 Å². The molecule has 1 aromatic rings. The number of rotatable bonds is 2. The second-order valence-electron chi connectivity index (χ2n) is 3.32. The van der Waals surface area contributed by atoms with Gasteiger partial charge >= 0.3 is 90.7 Å². The molecular formula is C10H13ClHg. The third-order valence-corrected chi connectivity index (χ3v) is 6.52. The first kappa shape index (κ1) is 10.5. The molecule has 12 heavy (non-hydrogen) atoms. The molecule has 0 amide bonds. The van der Waals surface area contributed by atoms with Crippen molar-refractivity contribution in [3.63, 3.8) is 0 Å². The fourth-order valence-corrected chi connectivity index (χ4v) is 7.16. The molecule has 0 fully saturated rings. The van der Waals surface area contributed by atoms with Gasteiger partial charge in [-0.05, 0) is 0 Å². The van der Waals surface area contributed by atoms with Crippen LogP contribution in [-0.4, -0.2) is 0 Å². The van der Waals surface area contributed by atoms with Gasteiger partial charge in [-0.1, -0.05) is 0 Å². The van der Waals surface area contributed by atoms with E-state index in [4.69, 9.17) is 8.25 Å². The zero-order valence-electron chi connectivity index (χ0n) is 7.95. The van der Waals surface area contributed by atoms with E-state index in [0.29, 0.717) is 0 Å². The summed E-state index contributed by atoms with van der Waals surface area (Å²) in [6.45, 7) is 6.53. The summed E-state index contributed by atoms with van der Waals surface area (Å²) in [6.07, 6.45) is 0. The molecule has 2 heteroatoms. The zero-order valence-corrected chi connectivity index (χ0v) is 14.2. The van der Waals surface area contributed by atoms with Crippen molar-refractivity contribution in [3.8, 4) is 0 Å². The molecule has 0 unspecified atom stereocenters. The third-order valence-electron chi connectivity index (χ3n) is 2.18. The first-order valence-corrected chi connectivity index (χ1v) is 14.9. The monoisotopic (exact) mass is 370 g/mol. The second-order valence-corrected chi connectivity index (χ2v) is 10.0. The minimum atomic E-state index is -1.02. The van der Waals surface area contributed by atoms with Gasteiger partial charge in [0.15, 0.2) is 0 Å². The van der Waals surface area contributed by atoms with Crippen LogP contribution in [0.2, 0.25) is 0 Å². The van der Waals surface area contributed by atoms with Crippen molar-refractivity contribution in [2.75, 3.05) is 0 Å². The number of aryl methyl sites for hydroxylation is 3. The van der Waals surface area contributed by atoms with Gasteiger partial charge in [-0.15, -0.1) is 0 Å². The SMILES string of the molecule is Cc1cc(C)c([CH2][Hg][Cl])c(C)c1. The normalized spacial score (nSPS) is 9.67. The van der Waals surface area contributed by atoms with Crippen LogP contribution in [0.1, 0.15) is 22.3 Å². The van der Waals surface area contributed by atoms with Gasteiger partial charge in [-0.3, -0.25) is 0 Å². The number of hydrogen-bond donors (Lipinski definition) is 0. The molecular weight excluding hydrogens is 356 g/mol. The van der Waals surface area contributed by atoms with E-state index in [2.05, 4.69) is 32.9 Å². The van der Waals surface area contributed by atoms with Crippen molar-refractivity contribution in [1.29, 1.82) is 0 Å². The molecule has 0 saturated carbocycles. The van der Waals surface area contributed by atoms with Crippen molar-refractivity contribution < 1.29 is 23.3 Å². The summed E-state index contributed by atoms with van der Waals surface area (Å²) in [7, 11) is 5.94. The van der Waals surface area contributed by atoms with E-state index < -0.39 is 23.3 Å². The summed E-state index contributed by atoms with van der Waals surface area (Å²) in [5.74, 6) is 0. The molecule has 0 nitrogen and oxygen atoms in total. The van der Waals surface area contributed by atoms with E-state index in [1.165, 1.54) is 26.2 Å². The van der Waals surface area contributed by atoms with Crippen LogP contribution in [0, 0.1) is 20.8 Å².